The molecule has 156 valence electrons. The van der Waals surface area contributed by atoms with E-state index in [2.05, 4.69) is 48.4 Å². The first-order chi connectivity index (χ1) is 15.1. The van der Waals surface area contributed by atoms with Gasteiger partial charge in [-0.3, -0.25) is 0 Å². The van der Waals surface area contributed by atoms with Gasteiger partial charge in [-0.05, 0) is 48.7 Å². The molecule has 0 aliphatic carbocycles. The Bertz CT molecular complexity index is 1060. The van der Waals surface area contributed by atoms with Crippen LogP contribution in [-0.2, 0) is 6.61 Å². The van der Waals surface area contributed by atoms with Crippen LogP contribution in [0.15, 0.2) is 48.2 Å². The number of hydrogen-bond donors (Lipinski definition) is 0. The highest BCUT2D eigenvalue weighted by Gasteiger charge is 2.47. The van der Waals surface area contributed by atoms with Crippen LogP contribution in [0.25, 0.3) is 11.1 Å². The van der Waals surface area contributed by atoms with Gasteiger partial charge in [-0.2, -0.15) is 5.10 Å². The molecule has 1 aromatic carbocycles. The highest BCUT2D eigenvalue weighted by Crippen LogP contribution is 2.50. The molecule has 0 amide bonds. The van der Waals surface area contributed by atoms with Crippen molar-refractivity contribution in [1.82, 2.24) is 4.98 Å². The van der Waals surface area contributed by atoms with E-state index in [4.69, 9.17) is 9.72 Å². The van der Waals surface area contributed by atoms with E-state index in [-0.39, 0.29) is 6.71 Å². The van der Waals surface area contributed by atoms with Gasteiger partial charge in [0.2, 0.25) is 0 Å². The highest BCUT2D eigenvalue weighted by molar-refractivity contribution is 6.70. The van der Waals surface area contributed by atoms with Gasteiger partial charge in [0.1, 0.15) is 18.2 Å². The van der Waals surface area contributed by atoms with Crippen LogP contribution in [0.3, 0.4) is 0 Å². The molecule has 5 rings (SSSR count). The van der Waals surface area contributed by atoms with Crippen molar-refractivity contribution in [1.29, 1.82) is 5.26 Å². The molecule has 2 fully saturated rings. The molecule has 3 aliphatic rings. The second kappa shape index (κ2) is 7.77. The van der Waals surface area contributed by atoms with Gasteiger partial charge in [0.25, 0.3) is 6.71 Å². The summed E-state index contributed by atoms with van der Waals surface area (Å²) >= 11 is 0. The van der Waals surface area contributed by atoms with Gasteiger partial charge < -0.3 is 9.64 Å². The summed E-state index contributed by atoms with van der Waals surface area (Å²) in [7, 11) is 2.14. The number of hydrazone groups is 1. The Balaban J connectivity index is 1.39. The number of aromatic nitrogens is 1. The van der Waals surface area contributed by atoms with E-state index in [0.29, 0.717) is 24.3 Å². The van der Waals surface area contributed by atoms with Crippen LogP contribution in [0.2, 0.25) is 11.6 Å². The third-order valence-electron chi connectivity index (χ3n) is 7.30. The fourth-order valence-electron chi connectivity index (χ4n) is 5.64. The first-order valence-electron chi connectivity index (χ1n) is 10.9. The van der Waals surface area contributed by atoms with E-state index in [9.17, 15) is 5.26 Å². The van der Waals surface area contributed by atoms with Crippen molar-refractivity contribution in [2.24, 2.45) is 5.10 Å². The van der Waals surface area contributed by atoms with Gasteiger partial charge >= 0.3 is 0 Å². The van der Waals surface area contributed by atoms with Gasteiger partial charge in [-0.1, -0.05) is 19.4 Å². The Morgan fingerprint density at radius 2 is 1.97 bits per heavy atom. The number of ether oxygens (including phenoxy) is 1. The normalized spacial score (nSPS) is 23.1. The first-order valence-corrected chi connectivity index (χ1v) is 10.9. The van der Waals surface area contributed by atoms with E-state index in [1.807, 2.05) is 18.2 Å². The van der Waals surface area contributed by atoms with Crippen LogP contribution < -0.4 is 14.6 Å². The minimum absolute atomic E-state index is 0.254. The van der Waals surface area contributed by atoms with Crippen molar-refractivity contribution in [3.8, 4) is 22.8 Å². The van der Waals surface area contributed by atoms with Crippen molar-refractivity contribution in [2.75, 3.05) is 17.0 Å². The number of benzene rings is 1. The zero-order valence-electron chi connectivity index (χ0n) is 17.9. The van der Waals surface area contributed by atoms with Crippen molar-refractivity contribution in [3.05, 3.63) is 48.8 Å². The second-order valence-corrected chi connectivity index (χ2v) is 8.79. The van der Waals surface area contributed by atoms with Gasteiger partial charge in [0.15, 0.2) is 0 Å². The number of anilines is 2. The number of pyridine rings is 1. The number of nitriles is 1. The fourth-order valence-corrected chi connectivity index (χ4v) is 5.64. The van der Waals surface area contributed by atoms with E-state index >= 15 is 0 Å². The zero-order chi connectivity index (χ0) is 21.5. The second-order valence-electron chi connectivity index (χ2n) is 8.79. The average molecular weight is 411 g/mol. The molecule has 3 aliphatic heterocycles. The summed E-state index contributed by atoms with van der Waals surface area (Å²) in [5.74, 6) is 5.44. The zero-order valence-corrected chi connectivity index (χ0v) is 17.9. The largest absolute Gasteiger partial charge is 0.487 e. The maximum Gasteiger partial charge on any atom is 0.274 e. The van der Waals surface area contributed by atoms with Crippen LogP contribution in [0.4, 0.5) is 11.5 Å². The Labute approximate surface area is 183 Å². The van der Waals surface area contributed by atoms with Crippen molar-refractivity contribution in [2.45, 2.75) is 50.0 Å². The van der Waals surface area contributed by atoms with Gasteiger partial charge in [0.05, 0.1) is 11.4 Å². The quantitative estimate of drug-likeness (QED) is 0.398. The Morgan fingerprint density at radius 1 is 1.23 bits per heavy atom. The van der Waals surface area contributed by atoms with E-state index in [1.54, 1.807) is 11.2 Å². The molecule has 6 nitrogen and oxygen atoms in total. The summed E-state index contributed by atoms with van der Waals surface area (Å²) in [4.78, 5) is 7.28. The molecule has 0 N–H and O–H groups in total. The number of hydrogen-bond acceptors (Lipinski definition) is 6. The van der Waals surface area contributed by atoms with Gasteiger partial charge in [-0.25, -0.2) is 15.3 Å². The Morgan fingerprint density at radius 3 is 2.65 bits per heavy atom. The lowest BCUT2D eigenvalue weighted by Crippen LogP contribution is -2.40. The standard InChI is InChI=1S/C24H26BN5O/c1-4-30(27-2)18-7-8-21-20-9-10-24(28-22(20)14-31-23(21)13-18)29(3)19-11-16-5-6-17(12-19)25(16)15-26/h4,7-10,13,16-17,19H,1-2,5-6,11-12,14H2,3H3. The maximum absolute atomic E-state index is 9.50. The molecule has 0 saturated carbocycles. The predicted molar refractivity (Wildman–Crippen MR) is 126 cm³/mol. The summed E-state index contributed by atoms with van der Waals surface area (Å²) < 4.78 is 6.04. The lowest BCUT2D eigenvalue weighted by atomic mass is 9.35. The third kappa shape index (κ3) is 3.27. The van der Waals surface area contributed by atoms with Crippen LogP contribution >= 0.6 is 0 Å². The molecule has 0 radical (unpaired) electrons. The van der Waals surface area contributed by atoms with Crippen LogP contribution in [0, 0.1) is 11.2 Å². The van der Waals surface area contributed by atoms with E-state index in [1.165, 1.54) is 12.8 Å². The minimum Gasteiger partial charge on any atom is -0.487 e. The first kappa shape index (κ1) is 19.7. The monoisotopic (exact) mass is 411 g/mol. The van der Waals surface area contributed by atoms with E-state index < -0.39 is 0 Å². The maximum atomic E-state index is 9.50. The summed E-state index contributed by atoms with van der Waals surface area (Å²) in [5.41, 5.74) is 3.96. The van der Waals surface area contributed by atoms with Crippen LogP contribution in [0.1, 0.15) is 31.4 Å². The number of nitrogens with zero attached hydrogens (tertiary/aromatic N) is 5. The summed E-state index contributed by atoms with van der Waals surface area (Å²) in [6.45, 7) is 8.03. The summed E-state index contributed by atoms with van der Waals surface area (Å²) in [6, 6.07) is 10.7. The smallest absolute Gasteiger partial charge is 0.274 e. The Kier molecular flexibility index (Phi) is 4.93. The molecule has 2 unspecified atom stereocenters. The molecule has 1 aromatic heterocycles. The SMILES string of the molecule is C=CN(N=C)c1ccc2c(c1)OCc1nc(N(C)C3CC4CCC(C3)B4C#N)ccc1-2. The molecule has 2 atom stereocenters. The lowest BCUT2D eigenvalue weighted by molar-refractivity contribution is 0.297. The molecule has 2 saturated heterocycles. The minimum atomic E-state index is 0.254. The molecule has 31 heavy (non-hydrogen) atoms. The van der Waals surface area contributed by atoms with Crippen molar-refractivity contribution in [3.63, 3.8) is 0 Å². The van der Waals surface area contributed by atoms with Gasteiger partial charge in [-0.15, -0.1) is 0 Å². The molecule has 4 heterocycles. The number of rotatable bonds is 5. The van der Waals surface area contributed by atoms with Crippen LogP contribution in [-0.4, -0.2) is 31.5 Å². The molecular formula is C24H26BN5O. The summed E-state index contributed by atoms with van der Waals surface area (Å²) in [6.07, 6.45) is 6.18. The molecule has 2 bridgehead atoms. The third-order valence-corrected chi connectivity index (χ3v) is 7.30. The highest BCUT2D eigenvalue weighted by atomic mass is 16.5. The van der Waals surface area contributed by atoms with Crippen LogP contribution in [0.5, 0.6) is 5.75 Å². The van der Waals surface area contributed by atoms with E-state index in [0.717, 1.165) is 46.9 Å². The molecule has 2 aromatic rings. The topological polar surface area (TPSA) is 64.8 Å². The lowest BCUT2D eigenvalue weighted by Gasteiger charge is -2.37. The number of fused-ring (bicyclic) bond motifs is 5. The molecular weight excluding hydrogens is 385 g/mol. The van der Waals surface area contributed by atoms with Crippen molar-refractivity contribution >= 4 is 24.9 Å². The molecule has 0 spiro atoms. The Hall–Kier alpha value is -3.27. The summed E-state index contributed by atoms with van der Waals surface area (Å²) in [5, 5.41) is 15.1. The average Bonchev–Trinajstić information content (AvgIpc) is 3.06. The van der Waals surface area contributed by atoms with Crippen molar-refractivity contribution < 1.29 is 4.74 Å². The fraction of sp³-hybridized carbons (Fsp3) is 0.375. The molecule has 7 heteroatoms. The van der Waals surface area contributed by atoms with Gasteiger partial charge in [0, 0.05) is 49.2 Å². The predicted octanol–water partition coefficient (Wildman–Crippen LogP) is 4.90.